The largest absolute Gasteiger partial charge is 0.336 e. The molecule has 2 heterocycles. The Bertz CT molecular complexity index is 1100. The van der Waals surface area contributed by atoms with Crippen LogP contribution >= 0.6 is 23.2 Å². The van der Waals surface area contributed by atoms with Crippen LogP contribution in [0.25, 0.3) is 5.69 Å². The Morgan fingerprint density at radius 1 is 1.11 bits per heavy atom. The monoisotopic (exact) mass is 413 g/mol. The van der Waals surface area contributed by atoms with Crippen LogP contribution < -0.4 is 5.32 Å². The fourth-order valence-corrected chi connectivity index (χ4v) is 3.18. The first kappa shape index (κ1) is 18.1. The zero-order chi connectivity index (χ0) is 19.5. The molecule has 2 aromatic heterocycles. The van der Waals surface area contributed by atoms with Crippen LogP contribution in [0.1, 0.15) is 27.9 Å². The van der Waals surface area contributed by atoms with Crippen LogP contribution in [-0.4, -0.2) is 36.3 Å². The van der Waals surface area contributed by atoms with Crippen molar-refractivity contribution >= 4 is 29.1 Å². The number of benzene rings is 2. The van der Waals surface area contributed by atoms with Gasteiger partial charge in [-0.3, -0.25) is 4.79 Å². The fourth-order valence-electron chi connectivity index (χ4n) is 2.69. The normalized spacial score (nSPS) is 11.9. The lowest BCUT2D eigenvalue weighted by Gasteiger charge is -2.15. The van der Waals surface area contributed by atoms with Crippen molar-refractivity contribution in [2.75, 3.05) is 0 Å². The standard InChI is InChI=1S/C18H13Cl2N7O/c19-12-6-7-15(13(20)10-12)27-9-8-14(24-27)18(28)21-16(17-22-25-26-23-17)11-4-2-1-3-5-11/h1-10,16H,(H,21,28)(H,22,23,25,26)/t16-/m1/s1. The summed E-state index contributed by atoms with van der Waals surface area (Å²) in [6, 6.07) is 15.4. The van der Waals surface area contributed by atoms with Gasteiger partial charge < -0.3 is 5.32 Å². The zero-order valence-electron chi connectivity index (χ0n) is 14.3. The number of aromatic amines is 1. The van der Waals surface area contributed by atoms with Gasteiger partial charge in [-0.05, 0) is 29.8 Å². The Balaban J connectivity index is 1.60. The minimum atomic E-state index is -0.572. The van der Waals surface area contributed by atoms with Crippen LogP contribution in [0.5, 0.6) is 0 Å². The predicted octanol–water partition coefficient (Wildman–Crippen LogP) is 3.21. The number of amides is 1. The van der Waals surface area contributed by atoms with Gasteiger partial charge in [0.1, 0.15) is 6.04 Å². The average Bonchev–Trinajstić information content (AvgIpc) is 3.39. The van der Waals surface area contributed by atoms with Crippen molar-refractivity contribution in [3.8, 4) is 5.69 Å². The highest BCUT2D eigenvalue weighted by atomic mass is 35.5. The van der Waals surface area contributed by atoms with E-state index in [9.17, 15) is 4.79 Å². The first-order valence-electron chi connectivity index (χ1n) is 8.22. The summed E-state index contributed by atoms with van der Waals surface area (Å²) in [6.07, 6.45) is 1.65. The minimum absolute atomic E-state index is 0.218. The van der Waals surface area contributed by atoms with Crippen LogP contribution in [0.4, 0.5) is 0 Å². The van der Waals surface area contributed by atoms with E-state index in [0.29, 0.717) is 21.6 Å². The third kappa shape index (κ3) is 3.73. The molecular weight excluding hydrogens is 401 g/mol. The summed E-state index contributed by atoms with van der Waals surface area (Å²) in [5.74, 6) is -0.0396. The molecule has 10 heteroatoms. The number of aromatic nitrogens is 6. The van der Waals surface area contributed by atoms with Gasteiger partial charge in [0.2, 0.25) is 5.82 Å². The van der Waals surface area contributed by atoms with Gasteiger partial charge in [-0.1, -0.05) is 58.7 Å². The number of rotatable bonds is 5. The molecule has 0 unspecified atom stereocenters. The molecule has 1 atom stereocenters. The molecule has 0 bridgehead atoms. The maximum Gasteiger partial charge on any atom is 0.272 e. The summed E-state index contributed by atoms with van der Waals surface area (Å²) in [7, 11) is 0. The molecule has 4 aromatic rings. The Morgan fingerprint density at radius 3 is 2.64 bits per heavy atom. The third-order valence-corrected chi connectivity index (χ3v) is 4.54. The Hall–Kier alpha value is -3.23. The molecule has 0 saturated heterocycles. The average molecular weight is 414 g/mol. The number of nitrogens with one attached hydrogen (secondary N) is 2. The van der Waals surface area contributed by atoms with Crippen LogP contribution in [0.2, 0.25) is 10.0 Å². The second-order valence-corrected chi connectivity index (χ2v) is 6.67. The van der Waals surface area contributed by atoms with Crippen molar-refractivity contribution in [1.82, 2.24) is 35.7 Å². The maximum atomic E-state index is 12.8. The maximum absolute atomic E-state index is 12.8. The summed E-state index contributed by atoms with van der Waals surface area (Å²) in [6.45, 7) is 0. The van der Waals surface area contributed by atoms with Crippen LogP contribution in [0.3, 0.4) is 0 Å². The van der Waals surface area contributed by atoms with Gasteiger partial charge in [-0.25, -0.2) is 4.68 Å². The number of tetrazole rings is 1. The Labute approximate surface area is 169 Å². The van der Waals surface area contributed by atoms with Crippen LogP contribution in [0.15, 0.2) is 60.8 Å². The summed E-state index contributed by atoms with van der Waals surface area (Å²) in [4.78, 5) is 12.8. The highest BCUT2D eigenvalue weighted by Gasteiger charge is 2.23. The first-order valence-corrected chi connectivity index (χ1v) is 8.97. The van der Waals surface area contributed by atoms with Gasteiger partial charge in [-0.15, -0.1) is 10.2 Å². The Morgan fingerprint density at radius 2 is 1.93 bits per heavy atom. The van der Waals surface area contributed by atoms with Gasteiger partial charge in [0.05, 0.1) is 10.7 Å². The van der Waals surface area contributed by atoms with Gasteiger partial charge in [0, 0.05) is 11.2 Å². The number of carbonyl (C=O) groups is 1. The predicted molar refractivity (Wildman–Crippen MR) is 104 cm³/mol. The second-order valence-electron chi connectivity index (χ2n) is 5.83. The molecule has 2 aromatic carbocycles. The molecule has 0 aliphatic heterocycles. The van der Waals surface area contributed by atoms with E-state index in [1.54, 1.807) is 30.5 Å². The molecule has 0 saturated carbocycles. The van der Waals surface area contributed by atoms with E-state index in [4.69, 9.17) is 23.2 Å². The van der Waals surface area contributed by atoms with Crippen molar-refractivity contribution < 1.29 is 4.79 Å². The van der Waals surface area contributed by atoms with E-state index in [0.717, 1.165) is 5.56 Å². The lowest BCUT2D eigenvalue weighted by atomic mass is 10.1. The highest BCUT2D eigenvalue weighted by molar-refractivity contribution is 6.35. The smallest absolute Gasteiger partial charge is 0.272 e. The molecule has 4 rings (SSSR count). The summed E-state index contributed by atoms with van der Waals surface area (Å²) < 4.78 is 1.51. The van der Waals surface area contributed by atoms with E-state index >= 15 is 0 Å². The lowest BCUT2D eigenvalue weighted by Crippen LogP contribution is -2.30. The molecule has 28 heavy (non-hydrogen) atoms. The lowest BCUT2D eigenvalue weighted by molar-refractivity contribution is 0.0936. The second kappa shape index (κ2) is 7.79. The number of halogens is 2. The van der Waals surface area contributed by atoms with Crippen molar-refractivity contribution in [2.24, 2.45) is 0 Å². The Kier molecular flexibility index (Phi) is 5.05. The summed E-state index contributed by atoms with van der Waals surface area (Å²) in [5, 5.41) is 22.1. The molecule has 1 amide bonds. The van der Waals surface area contributed by atoms with E-state index in [1.807, 2.05) is 30.3 Å². The quantitative estimate of drug-likeness (QED) is 0.522. The molecule has 8 nitrogen and oxygen atoms in total. The van der Waals surface area contributed by atoms with E-state index in [2.05, 4.69) is 31.0 Å². The molecule has 0 spiro atoms. The van der Waals surface area contributed by atoms with Crippen LogP contribution in [0, 0.1) is 0 Å². The number of hydrogen-bond acceptors (Lipinski definition) is 5. The van der Waals surface area contributed by atoms with Crippen molar-refractivity contribution in [3.05, 3.63) is 87.9 Å². The number of hydrogen-bond donors (Lipinski definition) is 2. The van der Waals surface area contributed by atoms with Crippen LogP contribution in [-0.2, 0) is 0 Å². The summed E-state index contributed by atoms with van der Waals surface area (Å²) >= 11 is 12.1. The van der Waals surface area contributed by atoms with Crippen molar-refractivity contribution in [2.45, 2.75) is 6.04 Å². The molecule has 2 N–H and O–H groups in total. The van der Waals surface area contributed by atoms with Gasteiger partial charge in [-0.2, -0.15) is 10.3 Å². The number of nitrogens with zero attached hydrogens (tertiary/aromatic N) is 5. The zero-order valence-corrected chi connectivity index (χ0v) is 15.8. The van der Waals surface area contributed by atoms with E-state index in [-0.39, 0.29) is 11.6 Å². The summed E-state index contributed by atoms with van der Waals surface area (Å²) in [5.41, 5.74) is 1.65. The van der Waals surface area contributed by atoms with Gasteiger partial charge >= 0.3 is 0 Å². The molecule has 0 aliphatic carbocycles. The van der Waals surface area contributed by atoms with Crippen molar-refractivity contribution in [3.63, 3.8) is 0 Å². The number of H-pyrrole nitrogens is 1. The van der Waals surface area contributed by atoms with Gasteiger partial charge in [0.15, 0.2) is 5.69 Å². The van der Waals surface area contributed by atoms with E-state index in [1.165, 1.54) is 4.68 Å². The molecular formula is C18H13Cl2N7O. The van der Waals surface area contributed by atoms with E-state index < -0.39 is 6.04 Å². The minimum Gasteiger partial charge on any atom is -0.336 e. The number of carbonyl (C=O) groups excluding carboxylic acids is 1. The van der Waals surface area contributed by atoms with Gasteiger partial charge in [0.25, 0.3) is 5.91 Å². The molecule has 0 aliphatic rings. The first-order chi connectivity index (χ1) is 13.6. The molecule has 0 fully saturated rings. The molecule has 140 valence electrons. The third-order valence-electron chi connectivity index (χ3n) is 4.01. The fraction of sp³-hybridized carbons (Fsp3) is 0.0556. The highest BCUT2D eigenvalue weighted by Crippen LogP contribution is 2.24. The SMILES string of the molecule is O=C(N[C@H](c1ccccc1)c1nn[nH]n1)c1ccn(-c2ccc(Cl)cc2Cl)n1. The van der Waals surface area contributed by atoms with Crippen molar-refractivity contribution in [1.29, 1.82) is 0 Å². The topological polar surface area (TPSA) is 101 Å². The molecule has 0 radical (unpaired) electrons.